The molecule has 0 saturated carbocycles. The van der Waals surface area contributed by atoms with Gasteiger partial charge in [-0.3, -0.25) is 0 Å². The average molecular weight is 210 g/mol. The van der Waals surface area contributed by atoms with Crippen LogP contribution in [-0.4, -0.2) is 6.10 Å². The fourth-order valence-electron chi connectivity index (χ4n) is 1.06. The van der Waals surface area contributed by atoms with E-state index in [0.29, 0.717) is 17.2 Å². The first-order valence-corrected chi connectivity index (χ1v) is 4.87. The van der Waals surface area contributed by atoms with Crippen molar-refractivity contribution in [2.75, 3.05) is 0 Å². The Balaban J connectivity index is 2.78. The molecule has 74 valence electrons. The lowest BCUT2D eigenvalue weighted by molar-refractivity contribution is 0.252. The van der Waals surface area contributed by atoms with E-state index in [-0.39, 0.29) is 6.10 Å². The third kappa shape index (κ3) is 2.65. The maximum absolute atomic E-state index is 8.71. The van der Waals surface area contributed by atoms with E-state index >= 15 is 0 Å². The third-order valence-corrected chi connectivity index (χ3v) is 2.35. The van der Waals surface area contributed by atoms with Gasteiger partial charge in [0.15, 0.2) is 6.10 Å². The molecule has 1 aromatic carbocycles. The molecule has 3 heteroatoms. The Bertz CT molecular complexity index is 357. The number of nitrogens with zero attached hydrogens (tertiary/aromatic N) is 1. The van der Waals surface area contributed by atoms with Crippen molar-refractivity contribution >= 4 is 11.6 Å². The number of hydrogen-bond acceptors (Lipinski definition) is 2. The van der Waals surface area contributed by atoms with E-state index in [9.17, 15) is 0 Å². The van der Waals surface area contributed by atoms with Crippen molar-refractivity contribution < 1.29 is 4.74 Å². The number of hydrogen-bond donors (Lipinski definition) is 0. The second-order valence-corrected chi connectivity index (χ2v) is 3.46. The highest BCUT2D eigenvalue weighted by atomic mass is 35.5. The van der Waals surface area contributed by atoms with Crippen LogP contribution >= 0.6 is 11.6 Å². The summed E-state index contributed by atoms with van der Waals surface area (Å²) in [7, 11) is 0. The Labute approximate surface area is 89.1 Å². The normalized spacial score (nSPS) is 11.9. The highest BCUT2D eigenvalue weighted by Crippen LogP contribution is 2.22. The summed E-state index contributed by atoms with van der Waals surface area (Å²) in [6.45, 7) is 3.82. The number of halogens is 1. The van der Waals surface area contributed by atoms with Crippen molar-refractivity contribution in [1.82, 2.24) is 0 Å². The van der Waals surface area contributed by atoms with Gasteiger partial charge in [-0.15, -0.1) is 0 Å². The summed E-state index contributed by atoms with van der Waals surface area (Å²) in [4.78, 5) is 0. The van der Waals surface area contributed by atoms with Crippen molar-refractivity contribution in [3.63, 3.8) is 0 Å². The quantitative estimate of drug-likeness (QED) is 0.765. The first-order valence-electron chi connectivity index (χ1n) is 4.49. The molecule has 14 heavy (non-hydrogen) atoms. The summed E-state index contributed by atoms with van der Waals surface area (Å²) in [5.41, 5.74) is 0.956. The molecule has 0 N–H and O–H groups in total. The highest BCUT2D eigenvalue weighted by Gasteiger charge is 2.06. The molecule has 1 rings (SSSR count). The number of ether oxygens (including phenoxy) is 1. The fraction of sp³-hybridized carbons (Fsp3) is 0.364. The number of rotatable bonds is 3. The minimum Gasteiger partial charge on any atom is -0.476 e. The van der Waals surface area contributed by atoms with Crippen molar-refractivity contribution in [2.45, 2.75) is 26.4 Å². The van der Waals surface area contributed by atoms with Crippen LogP contribution in [0.15, 0.2) is 18.2 Å². The molecule has 0 bridgehead atoms. The van der Waals surface area contributed by atoms with Crippen molar-refractivity contribution in [2.24, 2.45) is 0 Å². The van der Waals surface area contributed by atoms with Crippen molar-refractivity contribution in [1.29, 1.82) is 5.26 Å². The third-order valence-electron chi connectivity index (χ3n) is 1.92. The number of benzene rings is 1. The van der Waals surface area contributed by atoms with Crippen LogP contribution in [0.3, 0.4) is 0 Å². The van der Waals surface area contributed by atoms with Gasteiger partial charge in [0.1, 0.15) is 11.8 Å². The van der Waals surface area contributed by atoms with Crippen LogP contribution in [0, 0.1) is 18.3 Å². The topological polar surface area (TPSA) is 33.0 Å². The molecule has 0 saturated heterocycles. The molecule has 0 heterocycles. The van der Waals surface area contributed by atoms with E-state index in [1.165, 1.54) is 0 Å². The zero-order chi connectivity index (χ0) is 10.6. The molecule has 0 spiro atoms. The smallest absolute Gasteiger partial charge is 0.184 e. The summed E-state index contributed by atoms with van der Waals surface area (Å²) >= 11 is 5.86. The largest absolute Gasteiger partial charge is 0.476 e. The molecule has 0 aromatic heterocycles. The predicted molar refractivity (Wildman–Crippen MR) is 56.5 cm³/mol. The Kier molecular flexibility index (Phi) is 3.79. The number of nitriles is 1. The average Bonchev–Trinajstić information content (AvgIpc) is 2.19. The molecule has 2 nitrogen and oxygen atoms in total. The van der Waals surface area contributed by atoms with Gasteiger partial charge < -0.3 is 4.74 Å². The van der Waals surface area contributed by atoms with E-state index in [1.807, 2.05) is 19.9 Å². The molecule has 0 amide bonds. The first kappa shape index (κ1) is 10.9. The molecule has 0 aliphatic heterocycles. The summed E-state index contributed by atoms with van der Waals surface area (Å²) in [6, 6.07) is 7.46. The summed E-state index contributed by atoms with van der Waals surface area (Å²) < 4.78 is 5.43. The van der Waals surface area contributed by atoms with E-state index in [1.54, 1.807) is 12.1 Å². The predicted octanol–water partition coefficient (Wildman–Crippen LogP) is 3.33. The Morgan fingerprint density at radius 3 is 2.79 bits per heavy atom. The van der Waals surface area contributed by atoms with Gasteiger partial charge in [-0.2, -0.15) is 5.26 Å². The second-order valence-electron chi connectivity index (χ2n) is 3.05. The van der Waals surface area contributed by atoms with Crippen molar-refractivity contribution in [3.8, 4) is 11.8 Å². The maximum Gasteiger partial charge on any atom is 0.184 e. The Morgan fingerprint density at radius 1 is 1.57 bits per heavy atom. The van der Waals surface area contributed by atoms with Crippen LogP contribution in [0.1, 0.15) is 18.9 Å². The second kappa shape index (κ2) is 4.88. The molecule has 0 aliphatic carbocycles. The lowest BCUT2D eigenvalue weighted by atomic mass is 10.2. The van der Waals surface area contributed by atoms with Crippen molar-refractivity contribution in [3.05, 3.63) is 28.8 Å². The van der Waals surface area contributed by atoms with Crippen LogP contribution in [0.2, 0.25) is 5.02 Å². The molecular weight excluding hydrogens is 198 g/mol. The molecule has 0 radical (unpaired) electrons. The van der Waals surface area contributed by atoms with Gasteiger partial charge in [0, 0.05) is 5.02 Å². The van der Waals surface area contributed by atoms with Gasteiger partial charge in [-0.25, -0.2) is 0 Å². The summed E-state index contributed by atoms with van der Waals surface area (Å²) in [5, 5.41) is 9.42. The van der Waals surface area contributed by atoms with E-state index < -0.39 is 0 Å². The van der Waals surface area contributed by atoms with Gasteiger partial charge in [-0.1, -0.05) is 18.5 Å². The SMILES string of the molecule is CCC(C#N)Oc1ccc(Cl)c(C)c1. The molecule has 0 fully saturated rings. The lowest BCUT2D eigenvalue weighted by Gasteiger charge is -2.10. The Hall–Kier alpha value is -1.20. The van der Waals surface area contributed by atoms with Crippen LogP contribution in [0.4, 0.5) is 0 Å². The molecule has 1 aromatic rings. The van der Waals surface area contributed by atoms with Gasteiger partial charge in [0.25, 0.3) is 0 Å². The summed E-state index contributed by atoms with van der Waals surface area (Å²) in [6.07, 6.45) is 0.300. The van der Waals surface area contributed by atoms with E-state index in [0.717, 1.165) is 5.56 Å². The first-order chi connectivity index (χ1) is 6.67. The van der Waals surface area contributed by atoms with Gasteiger partial charge in [0.2, 0.25) is 0 Å². The molecular formula is C11H12ClNO. The van der Waals surface area contributed by atoms with Crippen LogP contribution in [0.25, 0.3) is 0 Å². The molecule has 0 aliphatic rings. The van der Waals surface area contributed by atoms with Gasteiger partial charge in [0.05, 0.1) is 0 Å². The zero-order valence-electron chi connectivity index (χ0n) is 8.25. The van der Waals surface area contributed by atoms with Gasteiger partial charge >= 0.3 is 0 Å². The van der Waals surface area contributed by atoms with Crippen LogP contribution < -0.4 is 4.74 Å². The summed E-state index contributed by atoms with van der Waals surface area (Å²) in [5.74, 6) is 0.695. The maximum atomic E-state index is 8.71. The van der Waals surface area contributed by atoms with Crippen LogP contribution in [-0.2, 0) is 0 Å². The lowest BCUT2D eigenvalue weighted by Crippen LogP contribution is -2.12. The minimum atomic E-state index is -0.379. The standard InChI is InChI=1S/C11H12ClNO/c1-3-9(7-13)14-10-4-5-11(12)8(2)6-10/h4-6,9H,3H2,1-2H3. The number of aryl methyl sites for hydroxylation is 1. The Morgan fingerprint density at radius 2 is 2.29 bits per heavy atom. The molecule has 1 atom stereocenters. The highest BCUT2D eigenvalue weighted by molar-refractivity contribution is 6.31. The van der Waals surface area contributed by atoms with E-state index in [2.05, 4.69) is 6.07 Å². The van der Waals surface area contributed by atoms with Gasteiger partial charge in [-0.05, 0) is 37.1 Å². The minimum absolute atomic E-state index is 0.379. The zero-order valence-corrected chi connectivity index (χ0v) is 9.01. The monoisotopic (exact) mass is 209 g/mol. The molecule has 1 unspecified atom stereocenters. The fourth-order valence-corrected chi connectivity index (χ4v) is 1.17. The van der Waals surface area contributed by atoms with Crippen LogP contribution in [0.5, 0.6) is 5.75 Å². The van der Waals surface area contributed by atoms with E-state index in [4.69, 9.17) is 21.6 Å².